The molecular weight excluding hydrogens is 244 g/mol. The molecule has 0 aromatic heterocycles. The fraction of sp³-hybridized carbons (Fsp3) is 0.200. The highest BCUT2D eigenvalue weighted by atomic mass is 16.5. The van der Waals surface area contributed by atoms with Gasteiger partial charge in [0.1, 0.15) is 29.5 Å². The molecular formula is C15H14O4. The van der Waals surface area contributed by atoms with Crippen molar-refractivity contribution in [2.75, 3.05) is 0 Å². The number of aliphatic hydroxyl groups excluding tert-OH is 1. The van der Waals surface area contributed by atoms with Crippen LogP contribution in [0, 0.1) is 0 Å². The molecule has 2 aromatic carbocycles. The third kappa shape index (κ3) is 2.22. The van der Waals surface area contributed by atoms with Crippen molar-refractivity contribution >= 4 is 0 Å². The van der Waals surface area contributed by atoms with E-state index in [0.717, 1.165) is 5.56 Å². The first kappa shape index (κ1) is 11.9. The van der Waals surface area contributed by atoms with Crippen molar-refractivity contribution in [1.29, 1.82) is 0 Å². The largest absolute Gasteiger partial charge is 0.508 e. The number of fused-ring (bicyclic) bond motifs is 1. The summed E-state index contributed by atoms with van der Waals surface area (Å²) in [5, 5.41) is 28.8. The summed E-state index contributed by atoms with van der Waals surface area (Å²) < 4.78 is 5.66. The van der Waals surface area contributed by atoms with Crippen molar-refractivity contribution in [3.05, 3.63) is 53.6 Å². The van der Waals surface area contributed by atoms with E-state index >= 15 is 0 Å². The molecule has 1 aliphatic heterocycles. The second kappa shape index (κ2) is 4.48. The number of aliphatic hydroxyl groups is 1. The maximum Gasteiger partial charge on any atom is 0.133 e. The van der Waals surface area contributed by atoms with Crippen LogP contribution in [0.3, 0.4) is 0 Å². The average Bonchev–Trinajstić information content (AvgIpc) is 2.68. The van der Waals surface area contributed by atoms with E-state index in [4.69, 9.17) is 4.74 Å². The Balaban J connectivity index is 1.80. The van der Waals surface area contributed by atoms with Crippen molar-refractivity contribution in [2.45, 2.75) is 18.6 Å². The van der Waals surface area contributed by atoms with E-state index in [9.17, 15) is 15.3 Å². The third-order valence-electron chi connectivity index (χ3n) is 3.32. The van der Waals surface area contributed by atoms with Crippen molar-refractivity contribution < 1.29 is 20.1 Å². The Morgan fingerprint density at radius 1 is 0.947 bits per heavy atom. The summed E-state index contributed by atoms with van der Waals surface area (Å²) in [4.78, 5) is 0. The molecule has 1 heterocycles. The minimum Gasteiger partial charge on any atom is -0.508 e. The van der Waals surface area contributed by atoms with E-state index in [2.05, 4.69) is 0 Å². The van der Waals surface area contributed by atoms with E-state index < -0.39 is 6.10 Å². The van der Waals surface area contributed by atoms with Gasteiger partial charge in [-0.25, -0.2) is 0 Å². The Morgan fingerprint density at radius 3 is 2.37 bits per heavy atom. The van der Waals surface area contributed by atoms with Crippen LogP contribution in [0.2, 0.25) is 0 Å². The molecule has 0 aliphatic carbocycles. The van der Waals surface area contributed by atoms with Crippen molar-refractivity contribution in [3.8, 4) is 17.2 Å². The minimum atomic E-state index is -0.704. The van der Waals surface area contributed by atoms with E-state index in [-0.39, 0.29) is 17.6 Å². The minimum absolute atomic E-state index is 0.122. The lowest BCUT2D eigenvalue weighted by molar-refractivity contribution is 0.0678. The van der Waals surface area contributed by atoms with Gasteiger partial charge in [-0.15, -0.1) is 0 Å². The fourth-order valence-corrected chi connectivity index (χ4v) is 2.31. The molecule has 2 atom stereocenters. The first-order chi connectivity index (χ1) is 9.13. The number of phenolic OH excluding ortho intramolecular Hbond substituents is 2. The standard InChI is InChI=1S/C15H14O4/c16-10-3-1-9(2-4-10)7-14-15(18)12-6-5-11(17)8-13(12)19-14/h1-6,8,14-18H,7H2. The number of rotatable bonds is 2. The molecule has 0 amide bonds. The van der Waals surface area contributed by atoms with Crippen molar-refractivity contribution in [1.82, 2.24) is 0 Å². The van der Waals surface area contributed by atoms with Crippen LogP contribution in [0.25, 0.3) is 0 Å². The van der Waals surface area contributed by atoms with Crippen LogP contribution in [0.4, 0.5) is 0 Å². The monoisotopic (exact) mass is 258 g/mol. The second-order valence-electron chi connectivity index (χ2n) is 4.69. The van der Waals surface area contributed by atoms with Gasteiger partial charge in [0.2, 0.25) is 0 Å². The maximum absolute atomic E-state index is 10.2. The van der Waals surface area contributed by atoms with Crippen molar-refractivity contribution in [2.24, 2.45) is 0 Å². The Labute approximate surface area is 110 Å². The third-order valence-corrected chi connectivity index (χ3v) is 3.32. The molecule has 4 nitrogen and oxygen atoms in total. The molecule has 0 saturated heterocycles. The van der Waals surface area contributed by atoms with Crippen molar-refractivity contribution in [3.63, 3.8) is 0 Å². The highest BCUT2D eigenvalue weighted by molar-refractivity contribution is 5.45. The van der Waals surface area contributed by atoms with E-state index in [0.29, 0.717) is 17.7 Å². The summed E-state index contributed by atoms with van der Waals surface area (Å²) in [5.41, 5.74) is 1.67. The number of benzene rings is 2. The van der Waals surface area contributed by atoms with Crippen LogP contribution in [-0.2, 0) is 6.42 Å². The summed E-state index contributed by atoms with van der Waals surface area (Å²) in [6.45, 7) is 0. The SMILES string of the molecule is Oc1ccc(CC2Oc3cc(O)ccc3C2O)cc1. The molecule has 0 radical (unpaired) electrons. The van der Waals surface area contributed by atoms with Crippen LogP contribution in [-0.4, -0.2) is 21.4 Å². The Hall–Kier alpha value is -2.20. The summed E-state index contributed by atoms with van der Waals surface area (Å²) in [7, 11) is 0. The van der Waals surface area contributed by atoms with Crippen LogP contribution < -0.4 is 4.74 Å². The fourth-order valence-electron chi connectivity index (χ4n) is 2.31. The van der Waals surface area contributed by atoms with Crippen LogP contribution in [0.15, 0.2) is 42.5 Å². The van der Waals surface area contributed by atoms with Gasteiger partial charge in [0.15, 0.2) is 0 Å². The van der Waals surface area contributed by atoms with Gasteiger partial charge in [-0.1, -0.05) is 12.1 Å². The molecule has 3 rings (SSSR count). The molecule has 2 aromatic rings. The predicted molar refractivity (Wildman–Crippen MR) is 69.3 cm³/mol. The smallest absolute Gasteiger partial charge is 0.133 e. The number of aromatic hydroxyl groups is 2. The Morgan fingerprint density at radius 2 is 1.63 bits per heavy atom. The quantitative estimate of drug-likeness (QED) is 0.771. The molecule has 3 N–H and O–H groups in total. The highest BCUT2D eigenvalue weighted by Gasteiger charge is 2.32. The molecule has 0 fully saturated rings. The zero-order valence-electron chi connectivity index (χ0n) is 10.2. The van der Waals surface area contributed by atoms with Gasteiger partial charge in [-0.05, 0) is 29.8 Å². The van der Waals surface area contributed by atoms with Crippen LogP contribution >= 0.6 is 0 Å². The molecule has 0 saturated carbocycles. The van der Waals surface area contributed by atoms with Gasteiger partial charge in [0.05, 0.1) is 0 Å². The summed E-state index contributed by atoms with van der Waals surface area (Å²) in [5.74, 6) is 0.859. The molecule has 1 aliphatic rings. The van der Waals surface area contributed by atoms with E-state index in [1.807, 2.05) is 0 Å². The first-order valence-electron chi connectivity index (χ1n) is 6.09. The van der Waals surface area contributed by atoms with Gasteiger partial charge in [0, 0.05) is 18.1 Å². The lowest BCUT2D eigenvalue weighted by Crippen LogP contribution is -2.21. The normalized spacial score (nSPS) is 20.9. The summed E-state index contributed by atoms with van der Waals surface area (Å²) in [6, 6.07) is 11.5. The van der Waals surface area contributed by atoms with Gasteiger partial charge < -0.3 is 20.1 Å². The summed E-state index contributed by atoms with van der Waals surface area (Å²) >= 11 is 0. The zero-order chi connectivity index (χ0) is 13.4. The second-order valence-corrected chi connectivity index (χ2v) is 4.69. The van der Waals surface area contributed by atoms with Gasteiger partial charge in [-0.3, -0.25) is 0 Å². The number of phenols is 2. The number of hydrogen-bond acceptors (Lipinski definition) is 4. The van der Waals surface area contributed by atoms with Crippen LogP contribution in [0.5, 0.6) is 17.2 Å². The first-order valence-corrected chi connectivity index (χ1v) is 6.09. The average molecular weight is 258 g/mol. The van der Waals surface area contributed by atoms with Crippen LogP contribution in [0.1, 0.15) is 17.2 Å². The Bertz CT molecular complexity index is 592. The molecule has 0 spiro atoms. The lowest BCUT2D eigenvalue weighted by atomic mass is 10.0. The lowest BCUT2D eigenvalue weighted by Gasteiger charge is -2.14. The topological polar surface area (TPSA) is 69.9 Å². The van der Waals surface area contributed by atoms with Gasteiger partial charge in [-0.2, -0.15) is 0 Å². The summed E-state index contributed by atoms with van der Waals surface area (Å²) in [6.07, 6.45) is -0.539. The van der Waals surface area contributed by atoms with E-state index in [1.54, 1.807) is 30.3 Å². The van der Waals surface area contributed by atoms with Gasteiger partial charge in [0.25, 0.3) is 0 Å². The molecule has 98 valence electrons. The zero-order valence-corrected chi connectivity index (χ0v) is 10.2. The molecule has 4 heteroatoms. The molecule has 0 bridgehead atoms. The number of hydrogen-bond donors (Lipinski definition) is 3. The van der Waals surface area contributed by atoms with E-state index in [1.165, 1.54) is 12.1 Å². The predicted octanol–water partition coefficient (Wildman–Crippen LogP) is 2.13. The Kier molecular flexibility index (Phi) is 2.80. The highest BCUT2D eigenvalue weighted by Crippen LogP contribution is 2.39. The molecule has 2 unspecified atom stereocenters. The molecule has 19 heavy (non-hydrogen) atoms. The van der Waals surface area contributed by atoms with Gasteiger partial charge >= 0.3 is 0 Å². The number of ether oxygens (including phenoxy) is 1. The maximum atomic E-state index is 10.2.